The number of aromatic carboxylic acids is 1. The Morgan fingerprint density at radius 3 is 2.75 bits per heavy atom. The Morgan fingerprint density at radius 1 is 1.44 bits per heavy atom. The Bertz CT molecular complexity index is 557. The van der Waals surface area contributed by atoms with Gasteiger partial charge in [0.25, 0.3) is 0 Å². The van der Waals surface area contributed by atoms with Crippen LogP contribution >= 0.6 is 0 Å². The molecule has 0 bridgehead atoms. The van der Waals surface area contributed by atoms with Gasteiger partial charge in [0.1, 0.15) is 5.52 Å². The van der Waals surface area contributed by atoms with E-state index in [-0.39, 0.29) is 36.4 Å². The summed E-state index contributed by atoms with van der Waals surface area (Å²) in [6.45, 7) is 1.68. The van der Waals surface area contributed by atoms with Gasteiger partial charge < -0.3 is 10.2 Å². The van der Waals surface area contributed by atoms with Crippen LogP contribution in [-0.4, -0.2) is 26.2 Å². The van der Waals surface area contributed by atoms with Crippen LogP contribution in [0.3, 0.4) is 0 Å². The summed E-state index contributed by atoms with van der Waals surface area (Å²) in [4.78, 5) is 18.5. The maximum absolute atomic E-state index is 10.8. The van der Waals surface area contributed by atoms with Gasteiger partial charge in [0, 0.05) is 17.3 Å². The number of fused-ring (bicyclic) bond motifs is 1. The number of aromatic hydroxyl groups is 1. The fourth-order valence-electron chi connectivity index (χ4n) is 1.43. The summed E-state index contributed by atoms with van der Waals surface area (Å²) < 4.78 is 0. The van der Waals surface area contributed by atoms with Gasteiger partial charge >= 0.3 is 25.4 Å². The molecular weight excluding hydrogens is 297 g/mol. The van der Waals surface area contributed by atoms with Gasteiger partial charge in [-0.15, -0.1) is 0 Å². The summed E-state index contributed by atoms with van der Waals surface area (Å²) >= 11 is 0. The molecule has 2 aromatic rings. The number of pyridine rings is 2. The molecule has 83 valence electrons. The number of rotatable bonds is 1. The molecule has 0 aliphatic heterocycles. The van der Waals surface area contributed by atoms with Crippen molar-refractivity contribution in [3.63, 3.8) is 0 Å². The minimum atomic E-state index is -1.26. The van der Waals surface area contributed by atoms with Crippen molar-refractivity contribution in [3.8, 4) is 5.75 Å². The van der Waals surface area contributed by atoms with Crippen molar-refractivity contribution in [1.29, 1.82) is 0 Å². The quantitative estimate of drug-likeness (QED) is 0.777. The average molecular weight is 305 g/mol. The predicted octanol–water partition coefficient (Wildman–Crippen LogP) is 1.34. The van der Waals surface area contributed by atoms with Crippen LogP contribution in [0.4, 0.5) is 0 Å². The summed E-state index contributed by atoms with van der Waals surface area (Å²) in [5.41, 5.74) is 0.439. The van der Waals surface area contributed by atoms with Crippen LogP contribution in [0.2, 0.25) is 0 Å². The molecule has 0 unspecified atom stereocenters. The third kappa shape index (κ3) is 1.88. The topological polar surface area (TPSA) is 83.3 Å². The number of hydrogen-bond donors (Lipinski definition) is 2. The summed E-state index contributed by atoms with van der Waals surface area (Å²) in [5.74, 6) is -1.65. The average Bonchev–Trinajstić information content (AvgIpc) is 2.23. The van der Waals surface area contributed by atoms with Crippen molar-refractivity contribution in [1.82, 2.24) is 9.97 Å². The molecule has 5 nitrogen and oxygen atoms in total. The van der Waals surface area contributed by atoms with Crippen molar-refractivity contribution < 1.29 is 34.5 Å². The van der Waals surface area contributed by atoms with Crippen molar-refractivity contribution in [2.75, 3.05) is 0 Å². The van der Waals surface area contributed by atoms with Gasteiger partial charge in [0.15, 0.2) is 11.4 Å². The van der Waals surface area contributed by atoms with Crippen molar-refractivity contribution in [2.24, 2.45) is 0 Å². The molecule has 0 spiro atoms. The number of hydrogen-bond acceptors (Lipinski definition) is 4. The van der Waals surface area contributed by atoms with Crippen LogP contribution in [-0.2, 0) is 19.5 Å². The molecule has 2 aromatic heterocycles. The molecule has 0 fully saturated rings. The van der Waals surface area contributed by atoms with Crippen LogP contribution in [0.5, 0.6) is 5.75 Å². The van der Waals surface area contributed by atoms with E-state index in [1.54, 1.807) is 19.1 Å². The Labute approximate surface area is 104 Å². The van der Waals surface area contributed by atoms with E-state index >= 15 is 0 Å². The number of carboxylic acids is 1. The van der Waals surface area contributed by atoms with Crippen LogP contribution in [0.1, 0.15) is 16.2 Å². The summed E-state index contributed by atoms with van der Waals surface area (Å²) in [5, 5.41) is 19.1. The van der Waals surface area contributed by atoms with Crippen LogP contribution in [0.25, 0.3) is 10.9 Å². The standard InChI is InChI=1S/C10H8N2O3.Ru/c1-5-6-3-2-4-11-7(6)9(13)8(12-5)10(14)15;/h2-4,13H,1H3,(H,14,15);/q;+1. The van der Waals surface area contributed by atoms with Crippen LogP contribution in [0.15, 0.2) is 18.3 Å². The van der Waals surface area contributed by atoms with Crippen LogP contribution in [0, 0.1) is 6.92 Å². The fourth-order valence-corrected chi connectivity index (χ4v) is 1.43. The third-order valence-electron chi connectivity index (χ3n) is 2.13. The van der Waals surface area contributed by atoms with Crippen molar-refractivity contribution in [2.45, 2.75) is 6.92 Å². The summed E-state index contributed by atoms with van der Waals surface area (Å²) in [6, 6.07) is 3.44. The third-order valence-corrected chi connectivity index (χ3v) is 2.13. The van der Waals surface area contributed by atoms with E-state index in [0.717, 1.165) is 0 Å². The Morgan fingerprint density at radius 2 is 2.12 bits per heavy atom. The van der Waals surface area contributed by atoms with Gasteiger partial charge in [-0.1, -0.05) is 0 Å². The second kappa shape index (κ2) is 4.53. The van der Waals surface area contributed by atoms with E-state index in [0.29, 0.717) is 11.1 Å². The smallest absolute Gasteiger partial charge is 0.504 e. The van der Waals surface area contributed by atoms with Gasteiger partial charge in [0.2, 0.25) is 0 Å². The molecule has 0 saturated heterocycles. The molecule has 2 rings (SSSR count). The van der Waals surface area contributed by atoms with Crippen molar-refractivity contribution in [3.05, 3.63) is 29.7 Å². The maximum Gasteiger partial charge on any atom is 1.00 e. The first kappa shape index (κ1) is 12.5. The molecule has 0 amide bonds. The summed E-state index contributed by atoms with van der Waals surface area (Å²) in [6.07, 6.45) is 1.49. The zero-order valence-corrected chi connectivity index (χ0v) is 10.0. The largest absolute Gasteiger partial charge is 1.00 e. The van der Waals surface area contributed by atoms with Crippen LogP contribution < -0.4 is 0 Å². The minimum absolute atomic E-state index is 0. The molecule has 2 N–H and O–H groups in total. The first-order chi connectivity index (χ1) is 7.11. The molecule has 0 atom stereocenters. The molecule has 1 radical (unpaired) electrons. The molecule has 16 heavy (non-hydrogen) atoms. The molecular formula is C10H8N2O3Ru+. The number of carbonyl (C=O) groups is 1. The van der Waals surface area contributed by atoms with Crippen molar-refractivity contribution >= 4 is 16.9 Å². The maximum atomic E-state index is 10.8. The van der Waals surface area contributed by atoms with E-state index in [9.17, 15) is 9.90 Å². The van der Waals surface area contributed by atoms with Gasteiger partial charge in [-0.2, -0.15) is 0 Å². The molecule has 2 heterocycles. The summed E-state index contributed by atoms with van der Waals surface area (Å²) in [7, 11) is 0. The van der Waals surface area contributed by atoms with E-state index in [2.05, 4.69) is 9.97 Å². The van der Waals surface area contributed by atoms with E-state index < -0.39 is 5.97 Å². The molecule has 0 aliphatic carbocycles. The second-order valence-corrected chi connectivity index (χ2v) is 3.10. The van der Waals surface area contributed by atoms with E-state index in [1.807, 2.05) is 0 Å². The molecule has 0 aromatic carbocycles. The molecule has 0 aliphatic rings. The fraction of sp³-hybridized carbons (Fsp3) is 0.100. The van der Waals surface area contributed by atoms with Gasteiger partial charge in [-0.05, 0) is 19.1 Å². The monoisotopic (exact) mass is 306 g/mol. The normalized spacial score (nSPS) is 9.81. The zero-order chi connectivity index (χ0) is 11.0. The minimum Gasteiger partial charge on any atom is -0.504 e. The second-order valence-electron chi connectivity index (χ2n) is 3.10. The van der Waals surface area contributed by atoms with Gasteiger partial charge in [-0.25, -0.2) is 9.78 Å². The SMILES string of the molecule is Cc1nc(C(=O)O)c(O)c2ncccc12.[Ru+]. The number of aryl methyl sites for hydroxylation is 1. The van der Waals surface area contributed by atoms with Gasteiger partial charge in [-0.3, -0.25) is 4.98 Å². The predicted molar refractivity (Wildman–Crippen MR) is 52.9 cm³/mol. The van der Waals surface area contributed by atoms with E-state index in [4.69, 9.17) is 5.11 Å². The first-order valence-corrected chi connectivity index (χ1v) is 4.29. The van der Waals surface area contributed by atoms with E-state index in [1.165, 1.54) is 6.20 Å². The molecule has 6 heteroatoms. The number of nitrogens with zero attached hydrogens (tertiary/aromatic N) is 2. The molecule has 0 saturated carbocycles. The Balaban J connectivity index is 0.00000128. The Kier molecular flexibility index (Phi) is 3.55. The number of aromatic nitrogens is 2. The first-order valence-electron chi connectivity index (χ1n) is 4.29. The van der Waals surface area contributed by atoms with Gasteiger partial charge in [0.05, 0.1) is 0 Å². The Hall–Kier alpha value is -1.55. The number of carboxylic acid groups (broad SMARTS) is 1. The zero-order valence-electron chi connectivity index (χ0n) is 8.28.